The lowest BCUT2D eigenvalue weighted by molar-refractivity contribution is 0.0994. The molecule has 17 heavy (non-hydrogen) atoms. The molecule has 0 saturated heterocycles. The molecule has 0 saturated carbocycles. The average molecular weight is 273 g/mol. The highest BCUT2D eigenvalue weighted by Gasteiger charge is 2.14. The van der Waals surface area contributed by atoms with Crippen molar-refractivity contribution in [3.05, 3.63) is 34.9 Å². The van der Waals surface area contributed by atoms with E-state index < -0.39 is 0 Å². The quantitative estimate of drug-likeness (QED) is 0.559. The molecule has 1 aromatic carbocycles. The van der Waals surface area contributed by atoms with Crippen molar-refractivity contribution < 1.29 is 9.53 Å². The lowest BCUT2D eigenvalue weighted by atomic mass is 10.1. The standard InChI is InChI=1S/C13H17ClO2S/c1-10(17-9-3-8-16-2)13(15)11-4-6-12(14)7-5-11/h4-7,10H,3,8-9H2,1-2H3. The van der Waals surface area contributed by atoms with Gasteiger partial charge in [0.1, 0.15) is 0 Å². The topological polar surface area (TPSA) is 26.3 Å². The predicted molar refractivity (Wildman–Crippen MR) is 74.2 cm³/mol. The Morgan fingerprint density at radius 3 is 2.65 bits per heavy atom. The maximum absolute atomic E-state index is 12.0. The van der Waals surface area contributed by atoms with Gasteiger partial charge in [-0.05, 0) is 43.4 Å². The van der Waals surface area contributed by atoms with Gasteiger partial charge in [0.25, 0.3) is 0 Å². The molecular weight excluding hydrogens is 256 g/mol. The van der Waals surface area contributed by atoms with E-state index in [9.17, 15) is 4.79 Å². The SMILES string of the molecule is COCCCSC(C)C(=O)c1ccc(Cl)cc1. The first kappa shape index (κ1) is 14.6. The van der Waals surface area contributed by atoms with E-state index in [1.165, 1.54) is 0 Å². The number of thioether (sulfide) groups is 1. The third-order valence-electron chi connectivity index (χ3n) is 2.36. The second kappa shape index (κ2) is 7.75. The van der Waals surface area contributed by atoms with E-state index >= 15 is 0 Å². The highest BCUT2D eigenvalue weighted by Crippen LogP contribution is 2.18. The van der Waals surface area contributed by atoms with Crippen LogP contribution in [0.3, 0.4) is 0 Å². The number of hydrogen-bond donors (Lipinski definition) is 0. The first-order valence-electron chi connectivity index (χ1n) is 5.55. The third-order valence-corrected chi connectivity index (χ3v) is 3.85. The Bertz CT molecular complexity index is 351. The molecule has 0 heterocycles. The minimum atomic E-state index is -0.0203. The number of methoxy groups -OCH3 is 1. The molecule has 0 aliphatic rings. The molecule has 1 atom stereocenters. The highest BCUT2D eigenvalue weighted by atomic mass is 35.5. The summed E-state index contributed by atoms with van der Waals surface area (Å²) in [4.78, 5) is 12.0. The number of hydrogen-bond acceptors (Lipinski definition) is 3. The Labute approximate surface area is 112 Å². The maximum Gasteiger partial charge on any atom is 0.175 e. The Kier molecular flexibility index (Phi) is 6.63. The highest BCUT2D eigenvalue weighted by molar-refractivity contribution is 8.00. The number of carbonyl (C=O) groups excluding carboxylic acids is 1. The number of carbonyl (C=O) groups is 1. The maximum atomic E-state index is 12.0. The zero-order valence-corrected chi connectivity index (χ0v) is 11.7. The summed E-state index contributed by atoms with van der Waals surface area (Å²) in [5.41, 5.74) is 0.723. The first-order valence-corrected chi connectivity index (χ1v) is 6.98. The molecule has 1 aromatic rings. The van der Waals surface area contributed by atoms with Crippen LogP contribution < -0.4 is 0 Å². The monoisotopic (exact) mass is 272 g/mol. The summed E-state index contributed by atoms with van der Waals surface area (Å²) in [7, 11) is 1.69. The average Bonchev–Trinajstić information content (AvgIpc) is 2.34. The molecule has 0 radical (unpaired) electrons. The van der Waals surface area contributed by atoms with E-state index in [2.05, 4.69) is 0 Å². The Hall–Kier alpha value is -0.510. The summed E-state index contributed by atoms with van der Waals surface area (Å²) in [6.07, 6.45) is 0.972. The van der Waals surface area contributed by atoms with Crippen LogP contribution in [0.15, 0.2) is 24.3 Å². The van der Waals surface area contributed by atoms with Crippen LogP contribution in [0.2, 0.25) is 5.02 Å². The van der Waals surface area contributed by atoms with Crippen LogP contribution in [0.4, 0.5) is 0 Å². The molecule has 2 nitrogen and oxygen atoms in total. The molecule has 0 fully saturated rings. The van der Waals surface area contributed by atoms with E-state index in [1.807, 2.05) is 6.92 Å². The molecule has 0 amide bonds. The van der Waals surface area contributed by atoms with Crippen molar-refractivity contribution in [2.75, 3.05) is 19.5 Å². The van der Waals surface area contributed by atoms with Gasteiger partial charge in [0.2, 0.25) is 0 Å². The molecule has 1 rings (SSSR count). The van der Waals surface area contributed by atoms with Crippen LogP contribution in [0, 0.1) is 0 Å². The number of halogens is 1. The lowest BCUT2D eigenvalue weighted by Gasteiger charge is -2.10. The summed E-state index contributed by atoms with van der Waals surface area (Å²) in [6.45, 7) is 2.68. The van der Waals surface area contributed by atoms with Gasteiger partial charge in [0.05, 0.1) is 5.25 Å². The van der Waals surface area contributed by atoms with Crippen molar-refractivity contribution >= 4 is 29.1 Å². The number of ether oxygens (including phenoxy) is 1. The normalized spacial score (nSPS) is 12.4. The summed E-state index contributed by atoms with van der Waals surface area (Å²) in [5, 5.41) is 0.634. The van der Waals surface area contributed by atoms with Gasteiger partial charge in [-0.2, -0.15) is 11.8 Å². The number of rotatable bonds is 7. The third kappa shape index (κ3) is 5.11. The van der Waals surface area contributed by atoms with Gasteiger partial charge in [-0.15, -0.1) is 0 Å². The number of ketones is 1. The second-order valence-electron chi connectivity index (χ2n) is 3.73. The summed E-state index contributed by atoms with van der Waals surface area (Å²) >= 11 is 7.44. The minimum absolute atomic E-state index is 0.0203. The second-order valence-corrected chi connectivity index (χ2v) is 5.62. The van der Waals surface area contributed by atoms with Gasteiger partial charge in [-0.1, -0.05) is 11.6 Å². The summed E-state index contributed by atoms with van der Waals surface area (Å²) in [6, 6.07) is 7.04. The molecule has 4 heteroatoms. The molecule has 0 aliphatic carbocycles. The van der Waals surface area contributed by atoms with Gasteiger partial charge >= 0.3 is 0 Å². The molecule has 0 spiro atoms. The van der Waals surface area contributed by atoms with Crippen molar-refractivity contribution in [1.29, 1.82) is 0 Å². The van der Waals surface area contributed by atoms with Crippen LogP contribution in [0.5, 0.6) is 0 Å². The fraction of sp³-hybridized carbons (Fsp3) is 0.462. The van der Waals surface area contributed by atoms with Crippen LogP contribution >= 0.6 is 23.4 Å². The van der Waals surface area contributed by atoms with Crippen molar-refractivity contribution in [3.8, 4) is 0 Å². The zero-order valence-electron chi connectivity index (χ0n) is 10.1. The first-order chi connectivity index (χ1) is 8.15. The van der Waals surface area contributed by atoms with E-state index in [0.29, 0.717) is 5.02 Å². The van der Waals surface area contributed by atoms with E-state index in [0.717, 1.165) is 24.3 Å². The Morgan fingerprint density at radius 1 is 1.41 bits per heavy atom. The number of Topliss-reactive ketones (excluding diaryl/α,β-unsaturated/α-hetero) is 1. The fourth-order valence-electron chi connectivity index (χ4n) is 1.39. The van der Waals surface area contributed by atoms with Crippen molar-refractivity contribution in [2.24, 2.45) is 0 Å². The molecule has 1 unspecified atom stereocenters. The largest absolute Gasteiger partial charge is 0.385 e. The molecule has 0 aliphatic heterocycles. The van der Waals surface area contributed by atoms with E-state index in [4.69, 9.17) is 16.3 Å². The fourth-order valence-corrected chi connectivity index (χ4v) is 2.44. The zero-order chi connectivity index (χ0) is 12.7. The lowest BCUT2D eigenvalue weighted by Crippen LogP contribution is -2.14. The minimum Gasteiger partial charge on any atom is -0.385 e. The Balaban J connectivity index is 2.43. The van der Waals surface area contributed by atoms with Crippen LogP contribution in [0.25, 0.3) is 0 Å². The molecule has 94 valence electrons. The van der Waals surface area contributed by atoms with Crippen LogP contribution in [-0.4, -0.2) is 30.5 Å². The van der Waals surface area contributed by atoms with Crippen molar-refractivity contribution in [3.63, 3.8) is 0 Å². The van der Waals surface area contributed by atoms with E-state index in [-0.39, 0.29) is 11.0 Å². The van der Waals surface area contributed by atoms with Gasteiger partial charge in [-0.3, -0.25) is 4.79 Å². The van der Waals surface area contributed by atoms with Crippen LogP contribution in [-0.2, 0) is 4.74 Å². The smallest absolute Gasteiger partial charge is 0.175 e. The van der Waals surface area contributed by atoms with Crippen LogP contribution in [0.1, 0.15) is 23.7 Å². The summed E-state index contributed by atoms with van der Waals surface area (Å²) < 4.78 is 4.97. The molecule has 0 bridgehead atoms. The molecule has 0 aromatic heterocycles. The van der Waals surface area contributed by atoms with Gasteiger partial charge in [-0.25, -0.2) is 0 Å². The number of benzene rings is 1. The van der Waals surface area contributed by atoms with E-state index in [1.54, 1.807) is 43.1 Å². The predicted octanol–water partition coefficient (Wildman–Crippen LogP) is 3.68. The summed E-state index contributed by atoms with van der Waals surface area (Å²) in [5.74, 6) is 1.10. The van der Waals surface area contributed by atoms with Crippen molar-refractivity contribution in [1.82, 2.24) is 0 Å². The molecule has 0 N–H and O–H groups in total. The van der Waals surface area contributed by atoms with Gasteiger partial charge in [0.15, 0.2) is 5.78 Å². The van der Waals surface area contributed by atoms with Gasteiger partial charge < -0.3 is 4.74 Å². The van der Waals surface area contributed by atoms with Gasteiger partial charge in [0, 0.05) is 24.3 Å². The Morgan fingerprint density at radius 2 is 2.06 bits per heavy atom. The molecular formula is C13H17ClO2S. The van der Waals surface area contributed by atoms with Crippen molar-refractivity contribution in [2.45, 2.75) is 18.6 Å².